The highest BCUT2D eigenvalue weighted by Crippen LogP contribution is 2.35. The van der Waals surface area contributed by atoms with Crippen molar-refractivity contribution in [3.63, 3.8) is 0 Å². The van der Waals surface area contributed by atoms with Crippen molar-refractivity contribution in [2.24, 2.45) is 0 Å². The Morgan fingerprint density at radius 3 is 2.83 bits per heavy atom. The van der Waals surface area contributed by atoms with Crippen LogP contribution in [-0.2, 0) is 16.9 Å². The molecule has 18 heavy (non-hydrogen) atoms. The molecule has 94 valence electrons. The van der Waals surface area contributed by atoms with Crippen LogP contribution in [0.25, 0.3) is 0 Å². The number of rotatable bonds is 2. The van der Waals surface area contributed by atoms with Crippen molar-refractivity contribution in [3.05, 3.63) is 53.6 Å². The van der Waals surface area contributed by atoms with Crippen LogP contribution in [0.3, 0.4) is 0 Å². The van der Waals surface area contributed by atoms with E-state index < -0.39 is 0 Å². The minimum Gasteiger partial charge on any atom is -0.372 e. The summed E-state index contributed by atoms with van der Waals surface area (Å²) >= 11 is 0. The Morgan fingerprint density at radius 1 is 1.33 bits per heavy atom. The highest BCUT2D eigenvalue weighted by molar-refractivity contribution is 5.31. The van der Waals surface area contributed by atoms with E-state index in [1.54, 1.807) is 0 Å². The van der Waals surface area contributed by atoms with Gasteiger partial charge in [-0.3, -0.25) is 0 Å². The summed E-state index contributed by atoms with van der Waals surface area (Å²) in [6.07, 6.45) is 4.83. The average Bonchev–Trinajstić information content (AvgIpc) is 2.88. The third kappa shape index (κ3) is 1.58. The van der Waals surface area contributed by atoms with E-state index >= 15 is 0 Å². The van der Waals surface area contributed by atoms with E-state index in [1.165, 1.54) is 11.1 Å². The second-order valence-electron chi connectivity index (χ2n) is 5.00. The van der Waals surface area contributed by atoms with Gasteiger partial charge in [-0.15, -0.1) is 0 Å². The Kier molecular flexibility index (Phi) is 2.71. The molecule has 0 spiro atoms. The van der Waals surface area contributed by atoms with Gasteiger partial charge in [0.1, 0.15) is 0 Å². The second kappa shape index (κ2) is 4.25. The van der Waals surface area contributed by atoms with Crippen molar-refractivity contribution in [3.8, 4) is 0 Å². The Morgan fingerprint density at radius 2 is 2.11 bits per heavy atom. The summed E-state index contributed by atoms with van der Waals surface area (Å²) in [5.74, 6) is 0. The van der Waals surface area contributed by atoms with E-state index in [2.05, 4.69) is 47.7 Å². The van der Waals surface area contributed by atoms with Crippen LogP contribution in [0.15, 0.2) is 36.8 Å². The maximum atomic E-state index is 5.78. The van der Waals surface area contributed by atoms with E-state index in [4.69, 9.17) is 4.74 Å². The predicted molar refractivity (Wildman–Crippen MR) is 70.4 cm³/mol. The van der Waals surface area contributed by atoms with Gasteiger partial charge >= 0.3 is 0 Å². The molecule has 1 aliphatic rings. The maximum absolute atomic E-state index is 5.78. The van der Waals surface area contributed by atoms with Crippen LogP contribution in [0.1, 0.15) is 30.2 Å². The van der Waals surface area contributed by atoms with E-state index in [1.807, 2.05) is 12.5 Å². The van der Waals surface area contributed by atoms with E-state index in [0.29, 0.717) is 6.61 Å². The molecule has 2 heterocycles. The molecule has 1 aromatic heterocycles. The molecule has 3 heteroatoms. The lowest BCUT2D eigenvalue weighted by atomic mass is 9.86. The summed E-state index contributed by atoms with van der Waals surface area (Å²) in [7, 11) is 0. The van der Waals surface area contributed by atoms with Gasteiger partial charge in [0, 0.05) is 0 Å². The molecule has 3 nitrogen and oxygen atoms in total. The molecule has 1 aromatic carbocycles. The molecule has 0 N–H and O–H groups in total. The maximum Gasteiger partial charge on any atom is 0.0957 e. The van der Waals surface area contributed by atoms with Gasteiger partial charge in [-0.05, 0) is 18.9 Å². The lowest BCUT2D eigenvalue weighted by Gasteiger charge is -2.39. The van der Waals surface area contributed by atoms with Crippen LogP contribution < -0.4 is 0 Å². The third-order valence-corrected chi connectivity index (χ3v) is 3.94. The third-order valence-electron chi connectivity index (χ3n) is 3.94. The van der Waals surface area contributed by atoms with E-state index in [-0.39, 0.29) is 5.54 Å². The van der Waals surface area contributed by atoms with Crippen LogP contribution in [0.2, 0.25) is 0 Å². The van der Waals surface area contributed by atoms with Gasteiger partial charge in [0.2, 0.25) is 0 Å². The highest BCUT2D eigenvalue weighted by atomic mass is 16.5. The molecular formula is C15H18N2O. The zero-order valence-electron chi connectivity index (χ0n) is 10.9. The Hall–Kier alpha value is -1.61. The Balaban J connectivity index is 2.15. The first-order valence-corrected chi connectivity index (χ1v) is 6.43. The largest absolute Gasteiger partial charge is 0.372 e. The predicted octanol–water partition coefficient (Wildman–Crippen LogP) is 2.88. The molecule has 0 bridgehead atoms. The monoisotopic (exact) mass is 242 g/mol. The van der Waals surface area contributed by atoms with Crippen molar-refractivity contribution < 1.29 is 4.74 Å². The normalized spacial score (nSPS) is 22.8. The first-order chi connectivity index (χ1) is 8.76. The van der Waals surface area contributed by atoms with Crippen molar-refractivity contribution in [1.29, 1.82) is 0 Å². The van der Waals surface area contributed by atoms with Crippen molar-refractivity contribution in [1.82, 2.24) is 9.55 Å². The molecule has 1 aliphatic heterocycles. The van der Waals surface area contributed by atoms with Crippen LogP contribution in [0, 0.1) is 6.92 Å². The van der Waals surface area contributed by atoms with Crippen molar-refractivity contribution >= 4 is 0 Å². The number of aryl methyl sites for hydroxylation is 1. The zero-order chi connectivity index (χ0) is 12.6. The first-order valence-electron chi connectivity index (χ1n) is 6.43. The van der Waals surface area contributed by atoms with Crippen LogP contribution in [0.5, 0.6) is 0 Å². The molecule has 0 radical (unpaired) electrons. The summed E-state index contributed by atoms with van der Waals surface area (Å²) in [5, 5.41) is 0. The summed E-state index contributed by atoms with van der Waals surface area (Å²) in [6.45, 7) is 5.70. The number of hydrogen-bond donors (Lipinski definition) is 0. The first kappa shape index (κ1) is 11.5. The number of ether oxygens (including phenoxy) is 1. The molecule has 0 saturated heterocycles. The lowest BCUT2D eigenvalue weighted by molar-refractivity contribution is 0.0208. The van der Waals surface area contributed by atoms with Gasteiger partial charge < -0.3 is 9.30 Å². The lowest BCUT2D eigenvalue weighted by Crippen LogP contribution is -2.43. The Bertz CT molecular complexity index is 544. The fraction of sp³-hybridized carbons (Fsp3) is 0.400. The molecule has 0 aliphatic carbocycles. The van der Waals surface area contributed by atoms with Gasteiger partial charge in [0.15, 0.2) is 0 Å². The van der Waals surface area contributed by atoms with Gasteiger partial charge in [-0.1, -0.05) is 36.8 Å². The summed E-state index contributed by atoms with van der Waals surface area (Å²) in [4.78, 5) is 4.27. The smallest absolute Gasteiger partial charge is 0.0957 e. The summed E-state index contributed by atoms with van der Waals surface area (Å²) in [5.41, 5.74) is 3.64. The number of imidazole rings is 1. The van der Waals surface area contributed by atoms with Crippen molar-refractivity contribution in [2.45, 2.75) is 32.4 Å². The quantitative estimate of drug-likeness (QED) is 0.809. The number of fused-ring (bicyclic) bond motifs is 1. The number of nitrogens with zero attached hydrogens (tertiary/aromatic N) is 2. The number of aromatic nitrogens is 2. The molecule has 0 saturated carbocycles. The number of hydrogen-bond acceptors (Lipinski definition) is 2. The van der Waals surface area contributed by atoms with Gasteiger partial charge in [0.25, 0.3) is 0 Å². The zero-order valence-corrected chi connectivity index (χ0v) is 10.9. The molecule has 2 aromatic rings. The molecule has 0 amide bonds. The van der Waals surface area contributed by atoms with Gasteiger partial charge in [-0.2, -0.15) is 0 Å². The molecule has 1 atom stereocenters. The van der Waals surface area contributed by atoms with E-state index in [0.717, 1.165) is 18.7 Å². The number of benzene rings is 1. The standard InChI is InChI=1S/C15H18N2O/c1-3-15(13-6-4-12(2)5-7-13)10-18-9-14-8-16-11-17(14)15/h4-8,11H,3,9-10H2,1-2H3. The molecule has 1 unspecified atom stereocenters. The molecule has 3 rings (SSSR count). The van der Waals surface area contributed by atoms with Gasteiger partial charge in [-0.25, -0.2) is 4.98 Å². The Labute approximate surface area is 107 Å². The van der Waals surface area contributed by atoms with Gasteiger partial charge in [0.05, 0.1) is 37.0 Å². The fourth-order valence-electron chi connectivity index (χ4n) is 2.77. The SMILES string of the molecule is CCC1(c2ccc(C)cc2)COCc2cncn21. The average molecular weight is 242 g/mol. The molecular weight excluding hydrogens is 224 g/mol. The van der Waals surface area contributed by atoms with Crippen LogP contribution >= 0.6 is 0 Å². The van der Waals surface area contributed by atoms with E-state index in [9.17, 15) is 0 Å². The highest BCUT2D eigenvalue weighted by Gasteiger charge is 2.36. The summed E-state index contributed by atoms with van der Waals surface area (Å²) < 4.78 is 8.06. The second-order valence-corrected chi connectivity index (χ2v) is 5.00. The molecule has 0 fully saturated rings. The summed E-state index contributed by atoms with van der Waals surface area (Å²) in [6, 6.07) is 8.74. The minimum atomic E-state index is -0.0994. The fourth-order valence-corrected chi connectivity index (χ4v) is 2.77. The van der Waals surface area contributed by atoms with Crippen LogP contribution in [-0.4, -0.2) is 16.2 Å². The van der Waals surface area contributed by atoms with Crippen molar-refractivity contribution in [2.75, 3.05) is 6.61 Å². The minimum absolute atomic E-state index is 0.0994. The topological polar surface area (TPSA) is 27.1 Å². The van der Waals surface area contributed by atoms with Crippen LogP contribution in [0.4, 0.5) is 0 Å².